The molecule has 0 saturated heterocycles. The Morgan fingerprint density at radius 2 is 2.00 bits per heavy atom. The summed E-state index contributed by atoms with van der Waals surface area (Å²) < 4.78 is 0. The van der Waals surface area contributed by atoms with Gasteiger partial charge in [-0.05, 0) is 55.4 Å². The van der Waals surface area contributed by atoms with Crippen molar-refractivity contribution in [2.45, 2.75) is 59.8 Å². The average Bonchev–Trinajstić information content (AvgIpc) is 2.84. The maximum Gasteiger partial charge on any atom is 0.162 e. The molecule has 0 fully saturated rings. The number of carbonyl (C=O) groups is 1. The molecule has 1 aliphatic heterocycles. The molecular formula is C19H29NO. The van der Waals surface area contributed by atoms with Gasteiger partial charge in [0, 0.05) is 30.8 Å². The van der Waals surface area contributed by atoms with Crippen molar-refractivity contribution >= 4 is 11.5 Å². The summed E-state index contributed by atoms with van der Waals surface area (Å²) >= 11 is 0. The number of unbranched alkanes of at least 4 members (excludes halogenated alkanes) is 1. The van der Waals surface area contributed by atoms with Crippen LogP contribution in [0, 0.1) is 5.41 Å². The van der Waals surface area contributed by atoms with Crippen LogP contribution in [-0.4, -0.2) is 18.9 Å². The van der Waals surface area contributed by atoms with E-state index in [1.54, 1.807) is 0 Å². The predicted octanol–water partition coefficient (Wildman–Crippen LogP) is 4.86. The van der Waals surface area contributed by atoms with Crippen LogP contribution in [-0.2, 0) is 6.42 Å². The highest BCUT2D eigenvalue weighted by atomic mass is 16.1. The summed E-state index contributed by atoms with van der Waals surface area (Å²) in [7, 11) is 0. The number of benzene rings is 1. The lowest BCUT2D eigenvalue weighted by Gasteiger charge is -2.17. The van der Waals surface area contributed by atoms with Gasteiger partial charge in [0.05, 0.1) is 0 Å². The van der Waals surface area contributed by atoms with Crippen LogP contribution in [0.25, 0.3) is 0 Å². The Kier molecular flexibility index (Phi) is 5.08. The predicted molar refractivity (Wildman–Crippen MR) is 90.3 cm³/mol. The van der Waals surface area contributed by atoms with Crippen LogP contribution in [0.4, 0.5) is 5.69 Å². The molecule has 1 heterocycles. The smallest absolute Gasteiger partial charge is 0.162 e. The zero-order chi connectivity index (χ0) is 15.5. The quantitative estimate of drug-likeness (QED) is 0.550. The van der Waals surface area contributed by atoms with Crippen molar-refractivity contribution in [3.63, 3.8) is 0 Å². The first-order chi connectivity index (χ1) is 9.90. The van der Waals surface area contributed by atoms with E-state index in [-0.39, 0.29) is 0 Å². The summed E-state index contributed by atoms with van der Waals surface area (Å²) in [6.07, 6.45) is 5.11. The standard InChI is InChI=1S/C19H29NO/c1-5-20-13-11-15-14-16(9-10-17(15)20)18(21)8-6-7-12-19(2,3)4/h9-10,14H,5-8,11-13H2,1-4H3. The van der Waals surface area contributed by atoms with E-state index in [1.807, 2.05) is 6.07 Å². The fourth-order valence-corrected chi connectivity index (χ4v) is 3.06. The van der Waals surface area contributed by atoms with Gasteiger partial charge in [0.25, 0.3) is 0 Å². The number of anilines is 1. The molecular weight excluding hydrogens is 258 g/mol. The van der Waals surface area contributed by atoms with Gasteiger partial charge in [-0.25, -0.2) is 0 Å². The van der Waals surface area contributed by atoms with Crippen LogP contribution >= 0.6 is 0 Å². The van der Waals surface area contributed by atoms with E-state index in [2.05, 4.69) is 44.7 Å². The Morgan fingerprint density at radius 1 is 1.24 bits per heavy atom. The molecule has 2 nitrogen and oxygen atoms in total. The number of ketones is 1. The topological polar surface area (TPSA) is 20.3 Å². The van der Waals surface area contributed by atoms with Gasteiger partial charge in [-0.1, -0.05) is 27.2 Å². The molecule has 0 saturated carbocycles. The molecule has 1 aromatic carbocycles. The molecule has 0 aliphatic carbocycles. The summed E-state index contributed by atoms with van der Waals surface area (Å²) in [5.74, 6) is 0.307. The van der Waals surface area contributed by atoms with Crippen LogP contribution < -0.4 is 4.90 Å². The average molecular weight is 287 g/mol. The van der Waals surface area contributed by atoms with Crippen LogP contribution in [0.2, 0.25) is 0 Å². The van der Waals surface area contributed by atoms with Crippen LogP contribution in [0.1, 0.15) is 69.3 Å². The summed E-state index contributed by atoms with van der Waals surface area (Å²) in [6.45, 7) is 11.1. The van der Waals surface area contributed by atoms with E-state index in [0.717, 1.165) is 37.9 Å². The Morgan fingerprint density at radius 3 is 2.67 bits per heavy atom. The summed E-state index contributed by atoms with van der Waals surface area (Å²) in [5, 5.41) is 0. The minimum Gasteiger partial charge on any atom is -0.371 e. The highest BCUT2D eigenvalue weighted by Gasteiger charge is 2.19. The van der Waals surface area contributed by atoms with Gasteiger partial charge in [0.1, 0.15) is 0 Å². The molecule has 0 radical (unpaired) electrons. The third-order valence-electron chi connectivity index (χ3n) is 4.36. The van der Waals surface area contributed by atoms with E-state index in [4.69, 9.17) is 0 Å². The Balaban J connectivity index is 1.89. The number of nitrogens with zero attached hydrogens (tertiary/aromatic N) is 1. The Hall–Kier alpha value is -1.31. The second kappa shape index (κ2) is 6.64. The van der Waals surface area contributed by atoms with Gasteiger partial charge in [0.2, 0.25) is 0 Å². The Labute approximate surface area is 129 Å². The zero-order valence-corrected chi connectivity index (χ0v) is 14.0. The SMILES string of the molecule is CCN1CCc2cc(C(=O)CCCCC(C)(C)C)ccc21. The normalized spacial score (nSPS) is 14.4. The third kappa shape index (κ3) is 4.33. The fraction of sp³-hybridized carbons (Fsp3) is 0.632. The van der Waals surface area contributed by atoms with Gasteiger partial charge in [-0.3, -0.25) is 4.79 Å². The van der Waals surface area contributed by atoms with Crippen LogP contribution in [0.3, 0.4) is 0 Å². The van der Waals surface area contributed by atoms with Crippen LogP contribution in [0.5, 0.6) is 0 Å². The molecule has 2 heteroatoms. The first kappa shape index (κ1) is 16.1. The number of fused-ring (bicyclic) bond motifs is 1. The summed E-state index contributed by atoms with van der Waals surface area (Å²) in [5.41, 5.74) is 3.95. The molecule has 0 spiro atoms. The highest BCUT2D eigenvalue weighted by Crippen LogP contribution is 2.29. The van der Waals surface area contributed by atoms with Crippen LogP contribution in [0.15, 0.2) is 18.2 Å². The summed E-state index contributed by atoms with van der Waals surface area (Å²) in [6, 6.07) is 6.27. The lowest BCUT2D eigenvalue weighted by Crippen LogP contribution is -2.19. The third-order valence-corrected chi connectivity index (χ3v) is 4.36. The lowest BCUT2D eigenvalue weighted by molar-refractivity contribution is 0.0978. The molecule has 0 bridgehead atoms. The molecule has 0 unspecified atom stereocenters. The maximum atomic E-state index is 12.3. The van der Waals surface area contributed by atoms with E-state index in [0.29, 0.717) is 17.6 Å². The molecule has 1 aromatic rings. The van der Waals surface area contributed by atoms with Crippen molar-refractivity contribution in [3.8, 4) is 0 Å². The second-order valence-electron chi connectivity index (χ2n) is 7.36. The first-order valence-electron chi connectivity index (χ1n) is 8.32. The zero-order valence-electron chi connectivity index (χ0n) is 14.0. The van der Waals surface area contributed by atoms with E-state index < -0.39 is 0 Å². The number of Topliss-reactive ketones (excluding diaryl/α,β-unsaturated/α-hetero) is 1. The largest absolute Gasteiger partial charge is 0.371 e. The molecule has 0 N–H and O–H groups in total. The molecule has 21 heavy (non-hydrogen) atoms. The second-order valence-corrected chi connectivity index (χ2v) is 7.36. The van der Waals surface area contributed by atoms with Crippen molar-refractivity contribution in [3.05, 3.63) is 29.3 Å². The molecule has 116 valence electrons. The lowest BCUT2D eigenvalue weighted by atomic mass is 9.89. The molecule has 0 amide bonds. The van der Waals surface area contributed by atoms with Crippen molar-refractivity contribution < 1.29 is 4.79 Å². The van der Waals surface area contributed by atoms with E-state index in [1.165, 1.54) is 17.7 Å². The van der Waals surface area contributed by atoms with Crippen molar-refractivity contribution in [2.75, 3.05) is 18.0 Å². The number of rotatable bonds is 6. The van der Waals surface area contributed by atoms with Gasteiger partial charge in [0.15, 0.2) is 5.78 Å². The Bertz CT molecular complexity index is 499. The van der Waals surface area contributed by atoms with Gasteiger partial charge in [-0.15, -0.1) is 0 Å². The molecule has 1 aliphatic rings. The van der Waals surface area contributed by atoms with Crippen molar-refractivity contribution in [1.82, 2.24) is 0 Å². The van der Waals surface area contributed by atoms with Gasteiger partial charge in [-0.2, -0.15) is 0 Å². The number of hydrogen-bond donors (Lipinski definition) is 0. The van der Waals surface area contributed by atoms with Gasteiger partial charge >= 0.3 is 0 Å². The van der Waals surface area contributed by atoms with E-state index in [9.17, 15) is 4.79 Å². The minimum absolute atomic E-state index is 0.307. The van der Waals surface area contributed by atoms with E-state index >= 15 is 0 Å². The first-order valence-corrected chi connectivity index (χ1v) is 8.32. The molecule has 2 rings (SSSR count). The monoisotopic (exact) mass is 287 g/mol. The highest BCUT2D eigenvalue weighted by molar-refractivity contribution is 5.96. The summed E-state index contributed by atoms with van der Waals surface area (Å²) in [4.78, 5) is 14.7. The molecule has 0 aromatic heterocycles. The van der Waals surface area contributed by atoms with Crippen molar-refractivity contribution in [2.24, 2.45) is 5.41 Å². The number of likely N-dealkylation sites (N-methyl/N-ethyl adjacent to an activating group) is 1. The van der Waals surface area contributed by atoms with Crippen molar-refractivity contribution in [1.29, 1.82) is 0 Å². The van der Waals surface area contributed by atoms with Gasteiger partial charge < -0.3 is 4.90 Å². The maximum absolute atomic E-state index is 12.3. The fourth-order valence-electron chi connectivity index (χ4n) is 3.06. The minimum atomic E-state index is 0.307. The number of carbonyl (C=O) groups excluding carboxylic acids is 1. The molecule has 0 atom stereocenters. The number of hydrogen-bond acceptors (Lipinski definition) is 2.